The van der Waals surface area contributed by atoms with E-state index in [4.69, 9.17) is 9.84 Å². The molecule has 5 heteroatoms. The summed E-state index contributed by atoms with van der Waals surface area (Å²) in [6.45, 7) is 1.51. The Bertz CT molecular complexity index is 398. The predicted molar refractivity (Wildman–Crippen MR) is 68.1 cm³/mol. The van der Waals surface area contributed by atoms with Gasteiger partial charge < -0.3 is 20.3 Å². The van der Waals surface area contributed by atoms with Gasteiger partial charge in [0.2, 0.25) is 0 Å². The summed E-state index contributed by atoms with van der Waals surface area (Å²) < 4.78 is 6.64. The molecule has 0 bridgehead atoms. The molecule has 0 spiro atoms. The maximum absolute atomic E-state index is 9.23. The lowest BCUT2D eigenvalue weighted by molar-refractivity contribution is 0.0942. The minimum Gasteiger partial charge on any atom is -0.493 e. The van der Waals surface area contributed by atoms with Crippen molar-refractivity contribution in [1.29, 1.82) is 0 Å². The van der Waals surface area contributed by atoms with Gasteiger partial charge in [-0.05, 0) is 17.7 Å². The van der Waals surface area contributed by atoms with Gasteiger partial charge in [-0.2, -0.15) is 0 Å². The lowest BCUT2D eigenvalue weighted by Crippen LogP contribution is -2.29. The first kappa shape index (κ1) is 12.8. The number of aliphatic hydroxyl groups is 2. The number of aliphatic hydroxyl groups excluding tert-OH is 2. The molecule has 0 aromatic heterocycles. The lowest BCUT2D eigenvalue weighted by Gasteiger charge is -2.12. The van der Waals surface area contributed by atoms with Crippen LogP contribution in [0, 0.1) is 0 Å². The van der Waals surface area contributed by atoms with Crippen LogP contribution in [0.3, 0.4) is 0 Å². The number of rotatable bonds is 5. The highest BCUT2D eigenvalue weighted by atomic mass is 79.9. The van der Waals surface area contributed by atoms with E-state index in [0.717, 1.165) is 28.8 Å². The number of fused-ring (bicyclic) bond motifs is 1. The highest BCUT2D eigenvalue weighted by molar-refractivity contribution is 9.10. The Morgan fingerprint density at radius 1 is 1.47 bits per heavy atom. The molecule has 0 fully saturated rings. The standard InChI is InChI=1S/C12H16BrNO3/c13-10-3-8-1-2-17-12(8)9(4-10)5-14-6-11(16)7-15/h3-4,11,14-16H,1-2,5-7H2/t11-/m0/s1. The van der Waals surface area contributed by atoms with Crippen LogP contribution in [0.4, 0.5) is 0 Å². The molecule has 3 N–H and O–H groups in total. The molecule has 0 unspecified atom stereocenters. The molecule has 1 atom stereocenters. The average molecular weight is 302 g/mol. The van der Waals surface area contributed by atoms with Gasteiger partial charge in [-0.25, -0.2) is 0 Å². The van der Waals surface area contributed by atoms with Crippen molar-refractivity contribution >= 4 is 15.9 Å². The second-order valence-electron chi connectivity index (χ2n) is 4.12. The molecule has 2 rings (SSSR count). The lowest BCUT2D eigenvalue weighted by atomic mass is 10.1. The fraction of sp³-hybridized carbons (Fsp3) is 0.500. The summed E-state index contributed by atoms with van der Waals surface area (Å²) in [5.74, 6) is 0.958. The zero-order valence-electron chi connectivity index (χ0n) is 9.45. The molecule has 1 aliphatic heterocycles. The summed E-state index contributed by atoms with van der Waals surface area (Å²) in [7, 11) is 0. The van der Waals surface area contributed by atoms with Crippen LogP contribution in [0.2, 0.25) is 0 Å². The molecule has 0 aliphatic carbocycles. The van der Waals surface area contributed by atoms with E-state index >= 15 is 0 Å². The molecule has 0 saturated heterocycles. The Hall–Kier alpha value is -0.620. The number of hydrogen-bond acceptors (Lipinski definition) is 4. The van der Waals surface area contributed by atoms with Gasteiger partial charge in [-0.1, -0.05) is 15.9 Å². The summed E-state index contributed by atoms with van der Waals surface area (Å²) in [5.41, 5.74) is 2.30. The van der Waals surface area contributed by atoms with E-state index in [9.17, 15) is 5.11 Å². The van der Waals surface area contributed by atoms with E-state index in [-0.39, 0.29) is 6.61 Å². The van der Waals surface area contributed by atoms with Crippen molar-refractivity contribution in [1.82, 2.24) is 5.32 Å². The topological polar surface area (TPSA) is 61.7 Å². The quantitative estimate of drug-likeness (QED) is 0.754. The molecule has 0 radical (unpaired) electrons. The van der Waals surface area contributed by atoms with E-state index in [1.807, 2.05) is 6.07 Å². The normalized spacial score (nSPS) is 15.5. The van der Waals surface area contributed by atoms with Crippen molar-refractivity contribution in [2.75, 3.05) is 19.8 Å². The molecule has 4 nitrogen and oxygen atoms in total. The Labute approximate surface area is 109 Å². The zero-order chi connectivity index (χ0) is 12.3. The Morgan fingerprint density at radius 3 is 3.06 bits per heavy atom. The molecule has 1 heterocycles. The molecular formula is C12H16BrNO3. The predicted octanol–water partition coefficient (Wildman–Crippen LogP) is 0.827. The van der Waals surface area contributed by atoms with E-state index in [1.54, 1.807) is 0 Å². The van der Waals surface area contributed by atoms with Gasteiger partial charge in [-0.3, -0.25) is 0 Å². The molecular weight excluding hydrogens is 286 g/mol. The van der Waals surface area contributed by atoms with Crippen LogP contribution in [-0.2, 0) is 13.0 Å². The molecule has 17 heavy (non-hydrogen) atoms. The number of ether oxygens (including phenoxy) is 1. The Morgan fingerprint density at radius 2 is 2.29 bits per heavy atom. The first-order valence-corrected chi connectivity index (χ1v) is 6.43. The van der Waals surface area contributed by atoms with Crippen LogP contribution in [-0.4, -0.2) is 36.1 Å². The Balaban J connectivity index is 2.01. The van der Waals surface area contributed by atoms with Crippen LogP contribution in [0.5, 0.6) is 5.75 Å². The van der Waals surface area contributed by atoms with Crippen molar-refractivity contribution in [2.24, 2.45) is 0 Å². The largest absolute Gasteiger partial charge is 0.493 e. The molecule has 0 saturated carbocycles. The molecule has 1 aromatic carbocycles. The molecule has 0 amide bonds. The monoisotopic (exact) mass is 301 g/mol. The molecule has 1 aromatic rings. The van der Waals surface area contributed by atoms with Crippen molar-refractivity contribution < 1.29 is 14.9 Å². The number of benzene rings is 1. The van der Waals surface area contributed by atoms with E-state index in [1.165, 1.54) is 5.56 Å². The average Bonchev–Trinajstić information content (AvgIpc) is 2.76. The third-order valence-corrected chi connectivity index (χ3v) is 3.19. The second-order valence-corrected chi connectivity index (χ2v) is 5.03. The summed E-state index contributed by atoms with van der Waals surface area (Å²) in [6, 6.07) is 4.09. The fourth-order valence-electron chi connectivity index (χ4n) is 1.92. The van der Waals surface area contributed by atoms with Crippen LogP contribution in [0.1, 0.15) is 11.1 Å². The minimum absolute atomic E-state index is 0.222. The molecule has 1 aliphatic rings. The number of nitrogens with one attached hydrogen (secondary N) is 1. The number of hydrogen-bond donors (Lipinski definition) is 3. The van der Waals surface area contributed by atoms with Gasteiger partial charge in [-0.15, -0.1) is 0 Å². The molecule has 94 valence electrons. The summed E-state index contributed by atoms with van der Waals surface area (Å²) in [5, 5.41) is 21.0. The van der Waals surface area contributed by atoms with Gasteiger partial charge in [0, 0.05) is 29.5 Å². The van der Waals surface area contributed by atoms with E-state index < -0.39 is 6.10 Å². The van der Waals surface area contributed by atoms with Crippen molar-refractivity contribution in [2.45, 2.75) is 19.1 Å². The second kappa shape index (κ2) is 5.82. The third kappa shape index (κ3) is 3.19. The van der Waals surface area contributed by atoms with Crippen molar-refractivity contribution in [3.05, 3.63) is 27.7 Å². The van der Waals surface area contributed by atoms with E-state index in [0.29, 0.717) is 13.1 Å². The minimum atomic E-state index is -0.712. The van der Waals surface area contributed by atoms with Gasteiger partial charge in [0.05, 0.1) is 19.3 Å². The Kier molecular flexibility index (Phi) is 4.39. The van der Waals surface area contributed by atoms with Crippen LogP contribution >= 0.6 is 15.9 Å². The number of halogens is 1. The van der Waals surface area contributed by atoms with Gasteiger partial charge in [0.15, 0.2) is 0 Å². The van der Waals surface area contributed by atoms with Gasteiger partial charge in [0.1, 0.15) is 5.75 Å². The maximum Gasteiger partial charge on any atom is 0.127 e. The van der Waals surface area contributed by atoms with E-state index in [2.05, 4.69) is 27.3 Å². The van der Waals surface area contributed by atoms with Gasteiger partial charge >= 0.3 is 0 Å². The summed E-state index contributed by atoms with van der Waals surface area (Å²) in [4.78, 5) is 0. The first-order chi connectivity index (χ1) is 8.20. The van der Waals surface area contributed by atoms with Crippen molar-refractivity contribution in [3.63, 3.8) is 0 Å². The first-order valence-electron chi connectivity index (χ1n) is 5.64. The maximum atomic E-state index is 9.23. The SMILES string of the molecule is OC[C@@H](O)CNCc1cc(Br)cc2c1OCC2. The van der Waals surface area contributed by atoms with Crippen LogP contribution in [0.15, 0.2) is 16.6 Å². The highest BCUT2D eigenvalue weighted by Crippen LogP contribution is 2.32. The van der Waals surface area contributed by atoms with Crippen LogP contribution < -0.4 is 10.1 Å². The van der Waals surface area contributed by atoms with Crippen LogP contribution in [0.25, 0.3) is 0 Å². The zero-order valence-corrected chi connectivity index (χ0v) is 11.0. The summed E-state index contributed by atoms with van der Waals surface area (Å²) in [6.07, 6.45) is 0.234. The smallest absolute Gasteiger partial charge is 0.127 e. The third-order valence-electron chi connectivity index (χ3n) is 2.73. The highest BCUT2D eigenvalue weighted by Gasteiger charge is 2.17. The fourth-order valence-corrected chi connectivity index (χ4v) is 2.47. The summed E-state index contributed by atoms with van der Waals surface area (Å²) >= 11 is 3.48. The van der Waals surface area contributed by atoms with Crippen molar-refractivity contribution in [3.8, 4) is 5.75 Å². The van der Waals surface area contributed by atoms with Gasteiger partial charge in [0.25, 0.3) is 0 Å².